The van der Waals surface area contributed by atoms with Crippen molar-refractivity contribution in [3.05, 3.63) is 16.5 Å². The summed E-state index contributed by atoms with van der Waals surface area (Å²) in [4.78, 5) is 8.82. The largest absolute Gasteiger partial charge is 0.365 e. The van der Waals surface area contributed by atoms with Gasteiger partial charge in [-0.3, -0.25) is 0 Å². The Hall–Kier alpha value is -0.830. The molecule has 1 aliphatic carbocycles. The Morgan fingerprint density at radius 3 is 2.39 bits per heavy atom. The van der Waals surface area contributed by atoms with E-state index in [0.29, 0.717) is 11.2 Å². The quantitative estimate of drug-likeness (QED) is 0.881. The van der Waals surface area contributed by atoms with Crippen molar-refractivity contribution < 1.29 is 0 Å². The van der Waals surface area contributed by atoms with Gasteiger partial charge < -0.3 is 5.32 Å². The Kier molecular flexibility index (Phi) is 4.10. The first-order chi connectivity index (χ1) is 8.47. The lowest BCUT2D eigenvalue weighted by atomic mass is 9.79. The van der Waals surface area contributed by atoms with E-state index in [1.54, 1.807) is 0 Å². The zero-order valence-electron chi connectivity index (χ0n) is 11.6. The van der Waals surface area contributed by atoms with Crippen molar-refractivity contribution in [2.24, 2.45) is 11.8 Å². The predicted molar refractivity (Wildman–Crippen MR) is 76.1 cm³/mol. The Bertz CT molecular complexity index is 433. The second kappa shape index (κ2) is 5.43. The van der Waals surface area contributed by atoms with E-state index < -0.39 is 0 Å². The van der Waals surface area contributed by atoms with Crippen LogP contribution in [0.5, 0.6) is 0 Å². The molecule has 0 amide bonds. The summed E-state index contributed by atoms with van der Waals surface area (Å²) in [5, 5.41) is 3.95. The first-order valence-corrected chi connectivity index (χ1v) is 7.12. The van der Waals surface area contributed by atoms with Gasteiger partial charge >= 0.3 is 0 Å². The highest BCUT2D eigenvalue weighted by Gasteiger charge is 2.25. The highest BCUT2D eigenvalue weighted by molar-refractivity contribution is 6.31. The third kappa shape index (κ3) is 2.94. The number of rotatable bonds is 2. The summed E-state index contributed by atoms with van der Waals surface area (Å²) in [6, 6.07) is 0.477. The minimum Gasteiger partial charge on any atom is -0.365 e. The van der Waals surface area contributed by atoms with Crippen LogP contribution in [-0.2, 0) is 0 Å². The molecular weight excluding hydrogens is 246 g/mol. The standard InChI is InChI=1S/C14H22ClN3/c1-8-5-6-12(7-9(8)2)18-14-13(15)16-10(3)11(4)17-14/h8-9,12H,5-7H2,1-4H3,(H,17,18). The van der Waals surface area contributed by atoms with Crippen molar-refractivity contribution in [3.63, 3.8) is 0 Å². The molecule has 1 aromatic rings. The first-order valence-electron chi connectivity index (χ1n) is 6.74. The fourth-order valence-corrected chi connectivity index (χ4v) is 2.76. The molecule has 0 spiro atoms. The van der Waals surface area contributed by atoms with E-state index >= 15 is 0 Å². The zero-order chi connectivity index (χ0) is 13.3. The molecule has 1 heterocycles. The van der Waals surface area contributed by atoms with Crippen LogP contribution in [0, 0.1) is 25.7 Å². The predicted octanol–water partition coefficient (Wildman–Crippen LogP) is 3.98. The van der Waals surface area contributed by atoms with Crippen LogP contribution in [0.2, 0.25) is 5.15 Å². The summed E-state index contributed by atoms with van der Waals surface area (Å²) in [7, 11) is 0. The summed E-state index contributed by atoms with van der Waals surface area (Å²) in [5.74, 6) is 2.32. The van der Waals surface area contributed by atoms with Crippen LogP contribution in [0.1, 0.15) is 44.5 Å². The van der Waals surface area contributed by atoms with E-state index in [0.717, 1.165) is 29.0 Å². The van der Waals surface area contributed by atoms with Gasteiger partial charge in [0.1, 0.15) is 0 Å². The minimum absolute atomic E-state index is 0.477. The lowest BCUT2D eigenvalue weighted by Gasteiger charge is -2.32. The normalized spacial score (nSPS) is 28.2. The molecule has 1 saturated carbocycles. The summed E-state index contributed by atoms with van der Waals surface area (Å²) < 4.78 is 0. The summed E-state index contributed by atoms with van der Waals surface area (Å²) in [6.45, 7) is 8.56. The molecule has 3 atom stereocenters. The summed E-state index contributed by atoms with van der Waals surface area (Å²) in [5.41, 5.74) is 1.84. The van der Waals surface area contributed by atoms with Gasteiger partial charge in [0.05, 0.1) is 11.4 Å². The number of nitrogens with one attached hydrogen (secondary N) is 1. The average molecular weight is 268 g/mol. The van der Waals surface area contributed by atoms with Gasteiger partial charge in [-0.05, 0) is 44.9 Å². The van der Waals surface area contributed by atoms with E-state index in [1.165, 1.54) is 19.3 Å². The van der Waals surface area contributed by atoms with Gasteiger partial charge in [0, 0.05) is 6.04 Å². The van der Waals surface area contributed by atoms with Crippen molar-refractivity contribution in [2.75, 3.05) is 5.32 Å². The minimum atomic E-state index is 0.477. The van der Waals surface area contributed by atoms with Crippen LogP contribution in [-0.4, -0.2) is 16.0 Å². The highest BCUT2D eigenvalue weighted by atomic mass is 35.5. The van der Waals surface area contributed by atoms with Gasteiger partial charge in [0.15, 0.2) is 11.0 Å². The van der Waals surface area contributed by atoms with E-state index in [1.807, 2.05) is 13.8 Å². The Labute approximate surface area is 114 Å². The maximum Gasteiger partial charge on any atom is 0.171 e. The number of hydrogen-bond donors (Lipinski definition) is 1. The van der Waals surface area contributed by atoms with Crippen LogP contribution >= 0.6 is 11.6 Å². The lowest BCUT2D eigenvalue weighted by Crippen LogP contribution is -2.30. The Morgan fingerprint density at radius 1 is 1.06 bits per heavy atom. The van der Waals surface area contributed by atoms with E-state index in [9.17, 15) is 0 Å². The average Bonchev–Trinajstić information content (AvgIpc) is 2.31. The third-order valence-corrected chi connectivity index (χ3v) is 4.47. The van der Waals surface area contributed by atoms with Crippen molar-refractivity contribution in [1.29, 1.82) is 0 Å². The van der Waals surface area contributed by atoms with E-state index in [4.69, 9.17) is 11.6 Å². The summed E-state index contributed by atoms with van der Waals surface area (Å²) >= 11 is 6.15. The fraction of sp³-hybridized carbons (Fsp3) is 0.714. The van der Waals surface area contributed by atoms with Crippen molar-refractivity contribution in [1.82, 2.24) is 9.97 Å². The van der Waals surface area contributed by atoms with Gasteiger partial charge in [-0.25, -0.2) is 9.97 Å². The summed E-state index contributed by atoms with van der Waals surface area (Å²) in [6.07, 6.45) is 3.65. The van der Waals surface area contributed by atoms with Crippen LogP contribution in [0.15, 0.2) is 0 Å². The van der Waals surface area contributed by atoms with Crippen LogP contribution in [0.3, 0.4) is 0 Å². The van der Waals surface area contributed by atoms with Gasteiger partial charge in [-0.2, -0.15) is 0 Å². The topological polar surface area (TPSA) is 37.8 Å². The molecule has 1 aromatic heterocycles. The van der Waals surface area contributed by atoms with Gasteiger partial charge in [-0.1, -0.05) is 25.4 Å². The number of nitrogens with zero attached hydrogens (tertiary/aromatic N) is 2. The molecule has 18 heavy (non-hydrogen) atoms. The Morgan fingerprint density at radius 2 is 1.72 bits per heavy atom. The monoisotopic (exact) mass is 267 g/mol. The second-order valence-corrected chi connectivity index (χ2v) is 6.00. The van der Waals surface area contributed by atoms with Gasteiger partial charge in [-0.15, -0.1) is 0 Å². The number of hydrogen-bond acceptors (Lipinski definition) is 3. The van der Waals surface area contributed by atoms with Crippen molar-refractivity contribution >= 4 is 17.4 Å². The third-order valence-electron chi connectivity index (χ3n) is 4.20. The van der Waals surface area contributed by atoms with Crippen molar-refractivity contribution in [2.45, 2.75) is 53.0 Å². The lowest BCUT2D eigenvalue weighted by molar-refractivity contribution is 0.260. The van der Waals surface area contributed by atoms with Crippen molar-refractivity contribution in [3.8, 4) is 0 Å². The number of aromatic nitrogens is 2. The molecule has 0 aromatic carbocycles. The first kappa shape index (κ1) is 13.6. The Balaban J connectivity index is 2.08. The number of aryl methyl sites for hydroxylation is 2. The smallest absolute Gasteiger partial charge is 0.171 e. The van der Waals surface area contributed by atoms with Gasteiger partial charge in [0.2, 0.25) is 0 Å². The molecule has 3 nitrogen and oxygen atoms in total. The fourth-order valence-electron chi connectivity index (χ4n) is 2.54. The maximum atomic E-state index is 6.15. The molecule has 4 heteroatoms. The molecule has 1 N–H and O–H groups in total. The zero-order valence-corrected chi connectivity index (χ0v) is 12.4. The maximum absolute atomic E-state index is 6.15. The number of anilines is 1. The highest BCUT2D eigenvalue weighted by Crippen LogP contribution is 2.31. The van der Waals surface area contributed by atoms with Crippen LogP contribution < -0.4 is 5.32 Å². The molecule has 1 aliphatic rings. The van der Waals surface area contributed by atoms with Crippen LogP contribution in [0.25, 0.3) is 0 Å². The molecule has 2 rings (SSSR count). The molecule has 0 saturated heterocycles. The van der Waals surface area contributed by atoms with Gasteiger partial charge in [0.25, 0.3) is 0 Å². The van der Waals surface area contributed by atoms with E-state index in [2.05, 4.69) is 29.1 Å². The molecule has 3 unspecified atom stereocenters. The van der Waals surface area contributed by atoms with E-state index in [-0.39, 0.29) is 0 Å². The molecular formula is C14H22ClN3. The molecule has 0 bridgehead atoms. The molecule has 1 fully saturated rings. The second-order valence-electron chi connectivity index (χ2n) is 5.64. The van der Waals surface area contributed by atoms with Crippen LogP contribution in [0.4, 0.5) is 5.82 Å². The molecule has 100 valence electrons. The molecule has 0 aliphatic heterocycles. The number of halogens is 1. The SMILES string of the molecule is Cc1nc(Cl)c(NC2CCC(C)C(C)C2)nc1C. The molecule has 0 radical (unpaired) electrons.